The van der Waals surface area contributed by atoms with Crippen LogP contribution in [-0.4, -0.2) is 89.2 Å². The number of amides is 5. The Hall–Kier alpha value is -2.90. The third-order valence-corrected chi connectivity index (χ3v) is 5.59. The van der Waals surface area contributed by atoms with Gasteiger partial charge >= 0.3 is 6.03 Å². The van der Waals surface area contributed by atoms with Gasteiger partial charge in [-0.15, -0.1) is 0 Å². The Labute approximate surface area is 171 Å². The quantitative estimate of drug-likeness (QED) is 0.681. The van der Waals surface area contributed by atoms with Gasteiger partial charge in [0.05, 0.1) is 11.1 Å². The van der Waals surface area contributed by atoms with Crippen LogP contribution in [0, 0.1) is 0 Å². The molecule has 0 aromatic heterocycles. The van der Waals surface area contributed by atoms with Gasteiger partial charge in [0, 0.05) is 52.2 Å². The molecule has 5 amide bonds. The number of carbonyl (C=O) groups excluding carboxylic acids is 4. The van der Waals surface area contributed by atoms with Crippen molar-refractivity contribution in [1.29, 1.82) is 0 Å². The first-order valence-electron chi connectivity index (χ1n) is 10.2. The number of fused-ring (bicyclic) bond motifs is 1. The first-order valence-corrected chi connectivity index (χ1v) is 10.2. The molecule has 2 aliphatic rings. The van der Waals surface area contributed by atoms with Gasteiger partial charge in [-0.3, -0.25) is 19.3 Å². The van der Waals surface area contributed by atoms with E-state index in [1.165, 1.54) is 4.90 Å². The molecule has 0 aliphatic carbocycles. The molecule has 8 nitrogen and oxygen atoms in total. The Kier molecular flexibility index (Phi) is 6.51. The molecule has 0 spiro atoms. The van der Waals surface area contributed by atoms with Crippen molar-refractivity contribution in [2.45, 2.75) is 26.7 Å². The summed E-state index contributed by atoms with van der Waals surface area (Å²) in [6.07, 6.45) is 0.709. The molecule has 0 atom stereocenters. The average molecular weight is 400 g/mol. The Morgan fingerprint density at radius 3 is 1.93 bits per heavy atom. The van der Waals surface area contributed by atoms with Crippen LogP contribution >= 0.6 is 0 Å². The molecule has 156 valence electrons. The van der Waals surface area contributed by atoms with Crippen LogP contribution < -0.4 is 0 Å². The highest BCUT2D eigenvalue weighted by Gasteiger charge is 2.34. The number of nitrogens with zero attached hydrogens (tertiary/aromatic N) is 4. The van der Waals surface area contributed by atoms with Crippen LogP contribution in [0.1, 0.15) is 47.4 Å². The van der Waals surface area contributed by atoms with Crippen LogP contribution in [0.25, 0.3) is 0 Å². The van der Waals surface area contributed by atoms with Crippen molar-refractivity contribution in [3.63, 3.8) is 0 Å². The Balaban J connectivity index is 1.44. The summed E-state index contributed by atoms with van der Waals surface area (Å²) >= 11 is 0. The summed E-state index contributed by atoms with van der Waals surface area (Å²) < 4.78 is 0. The summed E-state index contributed by atoms with van der Waals surface area (Å²) in [5.74, 6) is -0.584. The van der Waals surface area contributed by atoms with E-state index < -0.39 is 0 Å². The van der Waals surface area contributed by atoms with E-state index in [1.54, 1.807) is 39.0 Å². The third-order valence-electron chi connectivity index (χ3n) is 5.59. The van der Waals surface area contributed by atoms with Crippen LogP contribution in [0.2, 0.25) is 0 Å². The number of urea groups is 1. The molecule has 0 saturated carbocycles. The van der Waals surface area contributed by atoms with Crippen molar-refractivity contribution in [3.05, 3.63) is 35.4 Å². The largest absolute Gasteiger partial charge is 0.339 e. The number of rotatable bonds is 6. The number of imide groups is 1. The molecule has 1 fully saturated rings. The fourth-order valence-corrected chi connectivity index (χ4v) is 3.83. The predicted molar refractivity (Wildman–Crippen MR) is 108 cm³/mol. The van der Waals surface area contributed by atoms with Crippen LogP contribution in [-0.2, 0) is 4.79 Å². The minimum Gasteiger partial charge on any atom is -0.339 e. The van der Waals surface area contributed by atoms with Crippen molar-refractivity contribution >= 4 is 23.8 Å². The van der Waals surface area contributed by atoms with Crippen LogP contribution in [0.4, 0.5) is 4.79 Å². The molecule has 8 heteroatoms. The Bertz CT molecular complexity index is 763. The smallest absolute Gasteiger partial charge is 0.320 e. The second-order valence-corrected chi connectivity index (χ2v) is 7.23. The number of piperazine rings is 1. The lowest BCUT2D eigenvalue weighted by atomic mass is 10.1. The maximum Gasteiger partial charge on any atom is 0.320 e. The maximum absolute atomic E-state index is 12.5. The summed E-state index contributed by atoms with van der Waals surface area (Å²) in [5.41, 5.74) is 0.857. The lowest BCUT2D eigenvalue weighted by molar-refractivity contribution is -0.132. The summed E-state index contributed by atoms with van der Waals surface area (Å²) in [4.78, 5) is 56.1. The molecule has 0 bridgehead atoms. The summed E-state index contributed by atoms with van der Waals surface area (Å²) in [7, 11) is 0. The molecule has 1 saturated heterocycles. The van der Waals surface area contributed by atoms with E-state index >= 15 is 0 Å². The molecule has 0 radical (unpaired) electrons. The molecular weight excluding hydrogens is 372 g/mol. The molecule has 0 unspecified atom stereocenters. The number of carbonyl (C=O) groups is 4. The van der Waals surface area contributed by atoms with E-state index in [9.17, 15) is 19.2 Å². The normalized spacial score (nSPS) is 16.3. The Morgan fingerprint density at radius 1 is 0.897 bits per heavy atom. The van der Waals surface area contributed by atoms with Gasteiger partial charge in [0.25, 0.3) is 11.8 Å². The summed E-state index contributed by atoms with van der Waals surface area (Å²) in [5, 5.41) is 0. The van der Waals surface area contributed by atoms with E-state index in [4.69, 9.17) is 0 Å². The van der Waals surface area contributed by atoms with E-state index in [0.29, 0.717) is 56.8 Å². The van der Waals surface area contributed by atoms with Gasteiger partial charge in [-0.25, -0.2) is 4.79 Å². The Morgan fingerprint density at radius 2 is 1.41 bits per heavy atom. The van der Waals surface area contributed by atoms with Gasteiger partial charge in [0.2, 0.25) is 5.91 Å². The minimum absolute atomic E-state index is 0.00320. The SMILES string of the molecule is CCN(CC)C(=O)N1CCN(C(=O)CCCN2C(=O)c3ccccc3C2=O)CC1. The molecule has 29 heavy (non-hydrogen) atoms. The van der Waals surface area contributed by atoms with Crippen molar-refractivity contribution in [1.82, 2.24) is 19.6 Å². The predicted octanol–water partition coefficient (Wildman–Crippen LogP) is 1.67. The monoisotopic (exact) mass is 400 g/mol. The highest BCUT2D eigenvalue weighted by molar-refractivity contribution is 6.21. The first kappa shape index (κ1) is 20.8. The summed E-state index contributed by atoms with van der Waals surface area (Å²) in [6.45, 7) is 7.57. The zero-order valence-electron chi connectivity index (χ0n) is 17.1. The molecule has 1 aromatic rings. The van der Waals surface area contributed by atoms with Crippen molar-refractivity contribution in [3.8, 4) is 0 Å². The molecule has 0 N–H and O–H groups in total. The van der Waals surface area contributed by atoms with E-state index in [-0.39, 0.29) is 36.7 Å². The molecule has 1 aromatic carbocycles. The first-order chi connectivity index (χ1) is 14.0. The van der Waals surface area contributed by atoms with Gasteiger partial charge in [-0.05, 0) is 32.4 Å². The molecule has 2 aliphatic heterocycles. The van der Waals surface area contributed by atoms with Crippen molar-refractivity contribution < 1.29 is 19.2 Å². The fourth-order valence-electron chi connectivity index (χ4n) is 3.83. The molecular formula is C21H28N4O4. The van der Waals surface area contributed by atoms with Gasteiger partial charge in [0.15, 0.2) is 0 Å². The highest BCUT2D eigenvalue weighted by Crippen LogP contribution is 2.22. The minimum atomic E-state index is -0.290. The van der Waals surface area contributed by atoms with Gasteiger partial charge in [-0.2, -0.15) is 0 Å². The van der Waals surface area contributed by atoms with Gasteiger partial charge in [0.1, 0.15) is 0 Å². The number of hydrogen-bond donors (Lipinski definition) is 0. The zero-order chi connectivity index (χ0) is 21.0. The lowest BCUT2D eigenvalue weighted by Crippen LogP contribution is -2.54. The van der Waals surface area contributed by atoms with E-state index in [1.807, 2.05) is 13.8 Å². The topological polar surface area (TPSA) is 81.2 Å². The van der Waals surface area contributed by atoms with Crippen LogP contribution in [0.3, 0.4) is 0 Å². The van der Waals surface area contributed by atoms with Crippen molar-refractivity contribution in [2.24, 2.45) is 0 Å². The lowest BCUT2D eigenvalue weighted by Gasteiger charge is -2.37. The third kappa shape index (κ3) is 4.26. The number of hydrogen-bond acceptors (Lipinski definition) is 4. The highest BCUT2D eigenvalue weighted by atomic mass is 16.2. The van der Waals surface area contributed by atoms with Crippen LogP contribution in [0.5, 0.6) is 0 Å². The summed E-state index contributed by atoms with van der Waals surface area (Å²) in [6, 6.07) is 6.80. The maximum atomic E-state index is 12.5. The van der Waals surface area contributed by atoms with Gasteiger partial charge in [-0.1, -0.05) is 12.1 Å². The van der Waals surface area contributed by atoms with Crippen molar-refractivity contribution in [2.75, 3.05) is 45.8 Å². The zero-order valence-corrected chi connectivity index (χ0v) is 17.1. The van der Waals surface area contributed by atoms with E-state index in [2.05, 4.69) is 0 Å². The second-order valence-electron chi connectivity index (χ2n) is 7.23. The van der Waals surface area contributed by atoms with Gasteiger partial charge < -0.3 is 14.7 Å². The molecule has 3 rings (SSSR count). The second kappa shape index (κ2) is 9.07. The van der Waals surface area contributed by atoms with Crippen LogP contribution in [0.15, 0.2) is 24.3 Å². The average Bonchev–Trinajstić information content (AvgIpc) is 2.99. The van der Waals surface area contributed by atoms with E-state index in [0.717, 1.165) is 0 Å². The standard InChI is InChI=1S/C21H28N4O4/c1-3-22(4-2)21(29)24-14-12-23(13-15-24)18(26)10-7-11-25-19(27)16-8-5-6-9-17(16)20(25)28/h5-6,8-9H,3-4,7,10-15H2,1-2H3. The molecule has 2 heterocycles. The number of benzene rings is 1. The fraction of sp³-hybridized carbons (Fsp3) is 0.524.